The van der Waals surface area contributed by atoms with Gasteiger partial charge in [0.1, 0.15) is 11.9 Å². The lowest BCUT2D eigenvalue weighted by molar-refractivity contribution is -0.136. The molecule has 174 valence electrons. The quantitative estimate of drug-likeness (QED) is 0.757. The minimum absolute atomic E-state index is 0.0257. The molecule has 7 heteroatoms. The lowest BCUT2D eigenvalue weighted by Crippen LogP contribution is -2.55. The number of nitrogens with zero attached hydrogens (tertiary/aromatic N) is 2. The van der Waals surface area contributed by atoms with Gasteiger partial charge in [0.15, 0.2) is 0 Å². The summed E-state index contributed by atoms with van der Waals surface area (Å²) in [6.07, 6.45) is 4.32. The van der Waals surface area contributed by atoms with Gasteiger partial charge >= 0.3 is 0 Å². The Morgan fingerprint density at radius 1 is 0.788 bits per heavy atom. The van der Waals surface area contributed by atoms with Crippen LogP contribution >= 0.6 is 0 Å². The van der Waals surface area contributed by atoms with E-state index in [0.717, 1.165) is 32.4 Å². The Hall–Kier alpha value is -3.22. The van der Waals surface area contributed by atoms with E-state index in [1.807, 2.05) is 11.0 Å². The molecular formula is C26H30FN3O3. The van der Waals surface area contributed by atoms with Crippen molar-refractivity contribution in [2.75, 3.05) is 26.2 Å². The second-order valence-electron chi connectivity index (χ2n) is 8.84. The van der Waals surface area contributed by atoms with Crippen molar-refractivity contribution in [2.24, 2.45) is 5.92 Å². The number of carbonyl (C=O) groups excluding carboxylic acids is 3. The first-order chi connectivity index (χ1) is 16.0. The standard InChI is InChI=1S/C26H30FN3O3/c27-22-11-9-21(10-12-22)25(32)30-17-13-19(14-18-30)23(26(33)29-15-5-2-6-16-29)28-24(31)20-7-3-1-4-8-20/h1,3-4,7-12,19,23H,2,5-6,13-18H2,(H,28,31). The van der Waals surface area contributed by atoms with E-state index in [4.69, 9.17) is 0 Å². The molecule has 2 aromatic rings. The summed E-state index contributed by atoms with van der Waals surface area (Å²) in [5, 5.41) is 3.01. The first-order valence-electron chi connectivity index (χ1n) is 11.7. The molecule has 0 saturated carbocycles. The molecule has 1 unspecified atom stereocenters. The molecule has 2 saturated heterocycles. The Bertz CT molecular complexity index is 966. The van der Waals surface area contributed by atoms with Crippen LogP contribution in [0.25, 0.3) is 0 Å². The summed E-state index contributed by atoms with van der Waals surface area (Å²) < 4.78 is 13.2. The molecule has 4 rings (SSSR count). The van der Waals surface area contributed by atoms with Gasteiger partial charge in [-0.2, -0.15) is 0 Å². The number of hydrogen-bond donors (Lipinski definition) is 1. The number of likely N-dealkylation sites (tertiary alicyclic amines) is 2. The van der Waals surface area contributed by atoms with E-state index in [1.54, 1.807) is 29.2 Å². The minimum atomic E-state index is -0.612. The van der Waals surface area contributed by atoms with Gasteiger partial charge in [0.25, 0.3) is 11.8 Å². The number of carbonyl (C=O) groups is 3. The van der Waals surface area contributed by atoms with Crippen LogP contribution in [0.1, 0.15) is 52.8 Å². The summed E-state index contributed by atoms with van der Waals surface area (Å²) in [6, 6.07) is 13.9. The molecule has 3 amide bonds. The number of piperidine rings is 2. The van der Waals surface area contributed by atoms with Crippen LogP contribution in [-0.4, -0.2) is 59.7 Å². The van der Waals surface area contributed by atoms with E-state index in [2.05, 4.69) is 5.32 Å². The number of halogens is 1. The van der Waals surface area contributed by atoms with Crippen LogP contribution < -0.4 is 5.32 Å². The predicted octanol–water partition coefficient (Wildman–Crippen LogP) is 3.49. The third-order valence-corrected chi connectivity index (χ3v) is 6.65. The number of hydrogen-bond acceptors (Lipinski definition) is 3. The van der Waals surface area contributed by atoms with Gasteiger partial charge in [-0.25, -0.2) is 4.39 Å². The zero-order chi connectivity index (χ0) is 23.2. The summed E-state index contributed by atoms with van der Waals surface area (Å²) in [4.78, 5) is 42.7. The Kier molecular flexibility index (Phi) is 7.37. The molecule has 2 aliphatic heterocycles. The van der Waals surface area contributed by atoms with Gasteiger partial charge in [0.2, 0.25) is 5.91 Å². The predicted molar refractivity (Wildman–Crippen MR) is 123 cm³/mol. The molecule has 2 aliphatic rings. The Morgan fingerprint density at radius 2 is 1.42 bits per heavy atom. The lowest BCUT2D eigenvalue weighted by atomic mass is 9.87. The molecule has 2 heterocycles. The zero-order valence-corrected chi connectivity index (χ0v) is 18.7. The van der Waals surface area contributed by atoms with Crippen LogP contribution in [0, 0.1) is 11.7 Å². The minimum Gasteiger partial charge on any atom is -0.341 e. The summed E-state index contributed by atoms with van der Waals surface area (Å²) in [5.41, 5.74) is 0.978. The van der Waals surface area contributed by atoms with Crippen molar-refractivity contribution < 1.29 is 18.8 Å². The SMILES string of the molecule is O=C(NC(C(=O)N1CCCCC1)C1CCN(C(=O)c2ccc(F)cc2)CC1)c1ccccc1. The molecule has 0 spiro atoms. The van der Waals surface area contributed by atoms with Crippen LogP contribution in [0.15, 0.2) is 54.6 Å². The maximum atomic E-state index is 13.4. The average Bonchev–Trinajstić information content (AvgIpc) is 2.88. The number of benzene rings is 2. The van der Waals surface area contributed by atoms with E-state index in [-0.39, 0.29) is 29.5 Å². The molecule has 2 fully saturated rings. The normalized spacial score (nSPS) is 18.0. The van der Waals surface area contributed by atoms with E-state index in [9.17, 15) is 18.8 Å². The monoisotopic (exact) mass is 451 g/mol. The smallest absolute Gasteiger partial charge is 0.253 e. The van der Waals surface area contributed by atoms with Crippen LogP contribution in [0.2, 0.25) is 0 Å². The largest absolute Gasteiger partial charge is 0.341 e. The van der Waals surface area contributed by atoms with Gasteiger partial charge < -0.3 is 15.1 Å². The van der Waals surface area contributed by atoms with Crippen molar-refractivity contribution in [2.45, 2.75) is 38.1 Å². The van der Waals surface area contributed by atoms with Crippen molar-refractivity contribution >= 4 is 17.7 Å². The van der Waals surface area contributed by atoms with Gasteiger partial charge in [-0.05, 0) is 74.4 Å². The fraction of sp³-hybridized carbons (Fsp3) is 0.423. The van der Waals surface area contributed by atoms with E-state index in [0.29, 0.717) is 37.1 Å². The third kappa shape index (κ3) is 5.59. The Morgan fingerprint density at radius 3 is 2.06 bits per heavy atom. The van der Waals surface area contributed by atoms with Gasteiger partial charge in [0, 0.05) is 37.3 Å². The summed E-state index contributed by atoms with van der Waals surface area (Å²) in [7, 11) is 0. The van der Waals surface area contributed by atoms with Gasteiger partial charge in [-0.15, -0.1) is 0 Å². The molecule has 1 atom stereocenters. The van der Waals surface area contributed by atoms with Gasteiger partial charge in [0.05, 0.1) is 0 Å². The number of rotatable bonds is 5. The number of amides is 3. The molecule has 0 aliphatic carbocycles. The fourth-order valence-electron chi connectivity index (χ4n) is 4.72. The Labute approximate surface area is 193 Å². The topological polar surface area (TPSA) is 69.7 Å². The maximum Gasteiger partial charge on any atom is 0.253 e. The second kappa shape index (κ2) is 10.6. The van der Waals surface area contributed by atoms with Crippen LogP contribution in [0.5, 0.6) is 0 Å². The number of nitrogens with one attached hydrogen (secondary N) is 1. The molecule has 6 nitrogen and oxygen atoms in total. The van der Waals surface area contributed by atoms with Crippen LogP contribution in [0.3, 0.4) is 0 Å². The third-order valence-electron chi connectivity index (χ3n) is 6.65. The molecule has 33 heavy (non-hydrogen) atoms. The highest BCUT2D eigenvalue weighted by Crippen LogP contribution is 2.25. The van der Waals surface area contributed by atoms with Crippen molar-refractivity contribution in [1.82, 2.24) is 15.1 Å². The Balaban J connectivity index is 1.45. The van der Waals surface area contributed by atoms with E-state index < -0.39 is 6.04 Å². The van der Waals surface area contributed by atoms with Crippen molar-refractivity contribution in [3.63, 3.8) is 0 Å². The molecule has 0 bridgehead atoms. The molecule has 2 aromatic carbocycles. The molecule has 0 aromatic heterocycles. The highest BCUT2D eigenvalue weighted by atomic mass is 19.1. The average molecular weight is 452 g/mol. The van der Waals surface area contributed by atoms with Crippen molar-refractivity contribution in [3.05, 3.63) is 71.5 Å². The second-order valence-corrected chi connectivity index (χ2v) is 8.84. The van der Waals surface area contributed by atoms with Gasteiger partial charge in [-0.3, -0.25) is 14.4 Å². The lowest BCUT2D eigenvalue weighted by Gasteiger charge is -2.38. The summed E-state index contributed by atoms with van der Waals surface area (Å²) in [6.45, 7) is 2.43. The fourth-order valence-corrected chi connectivity index (χ4v) is 4.72. The van der Waals surface area contributed by atoms with Crippen LogP contribution in [0.4, 0.5) is 4.39 Å². The zero-order valence-electron chi connectivity index (χ0n) is 18.7. The summed E-state index contributed by atoms with van der Waals surface area (Å²) >= 11 is 0. The highest BCUT2D eigenvalue weighted by Gasteiger charge is 2.36. The first-order valence-corrected chi connectivity index (χ1v) is 11.7. The van der Waals surface area contributed by atoms with E-state index in [1.165, 1.54) is 24.3 Å². The summed E-state index contributed by atoms with van der Waals surface area (Å²) in [5.74, 6) is -0.846. The van der Waals surface area contributed by atoms with Crippen molar-refractivity contribution in [1.29, 1.82) is 0 Å². The maximum absolute atomic E-state index is 13.4. The van der Waals surface area contributed by atoms with Crippen molar-refractivity contribution in [3.8, 4) is 0 Å². The highest BCUT2D eigenvalue weighted by molar-refractivity contribution is 5.97. The van der Waals surface area contributed by atoms with Crippen LogP contribution in [-0.2, 0) is 4.79 Å². The molecule has 1 N–H and O–H groups in total. The molecular weight excluding hydrogens is 421 g/mol. The van der Waals surface area contributed by atoms with Gasteiger partial charge in [-0.1, -0.05) is 18.2 Å². The molecule has 0 radical (unpaired) electrons. The first kappa shape index (κ1) is 23.0. The van der Waals surface area contributed by atoms with E-state index >= 15 is 0 Å².